The summed E-state index contributed by atoms with van der Waals surface area (Å²) in [4.78, 5) is 0. The Hall–Kier alpha value is -0.980. The first-order valence-electron chi connectivity index (χ1n) is 4.42. The Labute approximate surface area is 74.4 Å². The second kappa shape index (κ2) is 4.81. The number of hydrogen-bond acceptors (Lipinski definition) is 1. The van der Waals surface area contributed by atoms with Crippen LogP contribution in [-0.4, -0.2) is 6.61 Å². The molecule has 1 radical (unpaired) electrons. The molecule has 1 unspecified atom stereocenters. The van der Waals surface area contributed by atoms with Gasteiger partial charge < -0.3 is 4.74 Å². The first kappa shape index (κ1) is 9.11. The quantitative estimate of drug-likeness (QED) is 0.663. The minimum atomic E-state index is 0.630. The minimum Gasteiger partial charge on any atom is -0.493 e. The molecule has 0 aliphatic carbocycles. The van der Waals surface area contributed by atoms with Gasteiger partial charge >= 0.3 is 0 Å². The van der Waals surface area contributed by atoms with Crippen LogP contribution in [0.2, 0.25) is 0 Å². The molecule has 12 heavy (non-hydrogen) atoms. The molecule has 0 fully saturated rings. The van der Waals surface area contributed by atoms with Gasteiger partial charge in [-0.3, -0.25) is 0 Å². The van der Waals surface area contributed by atoms with Crippen LogP contribution in [0, 0.1) is 12.0 Å². The molecule has 0 saturated carbocycles. The molecule has 1 aromatic carbocycles. The summed E-state index contributed by atoms with van der Waals surface area (Å²) >= 11 is 0. The van der Waals surface area contributed by atoms with Gasteiger partial charge in [-0.2, -0.15) is 0 Å². The second-order valence-corrected chi connectivity index (χ2v) is 3.06. The third-order valence-corrected chi connectivity index (χ3v) is 1.91. The van der Waals surface area contributed by atoms with E-state index in [1.165, 1.54) is 0 Å². The number of benzene rings is 1. The van der Waals surface area contributed by atoms with Crippen LogP contribution >= 0.6 is 0 Å². The van der Waals surface area contributed by atoms with E-state index in [-0.39, 0.29) is 0 Å². The smallest absolute Gasteiger partial charge is 0.119 e. The molecule has 65 valence electrons. The van der Waals surface area contributed by atoms with Crippen molar-refractivity contribution in [2.45, 2.75) is 20.3 Å². The zero-order chi connectivity index (χ0) is 8.81. The van der Waals surface area contributed by atoms with E-state index in [2.05, 4.69) is 19.9 Å². The fraction of sp³-hybridized carbons (Fsp3) is 0.455. The van der Waals surface area contributed by atoms with Gasteiger partial charge in [0.25, 0.3) is 0 Å². The highest BCUT2D eigenvalue weighted by Gasteiger charge is 1.98. The lowest BCUT2D eigenvalue weighted by Gasteiger charge is -2.09. The molecule has 1 rings (SSSR count). The SMILES string of the molecule is CCC(C)COc1c[c]ccc1. The molecule has 0 saturated heterocycles. The Morgan fingerprint density at radius 2 is 2.42 bits per heavy atom. The van der Waals surface area contributed by atoms with Crippen LogP contribution in [0.1, 0.15) is 20.3 Å². The molecule has 0 amide bonds. The molecule has 0 bridgehead atoms. The second-order valence-electron chi connectivity index (χ2n) is 3.06. The molecule has 1 atom stereocenters. The Kier molecular flexibility index (Phi) is 3.65. The van der Waals surface area contributed by atoms with E-state index in [0.29, 0.717) is 5.92 Å². The predicted molar refractivity (Wildman–Crippen MR) is 50.2 cm³/mol. The van der Waals surface area contributed by atoms with Gasteiger partial charge in [0.1, 0.15) is 5.75 Å². The average molecular weight is 163 g/mol. The molecule has 0 aromatic heterocycles. The largest absolute Gasteiger partial charge is 0.493 e. The van der Waals surface area contributed by atoms with Gasteiger partial charge in [-0.1, -0.05) is 32.4 Å². The van der Waals surface area contributed by atoms with Gasteiger partial charge in [0.05, 0.1) is 6.61 Å². The highest BCUT2D eigenvalue weighted by Crippen LogP contribution is 2.10. The zero-order valence-corrected chi connectivity index (χ0v) is 7.71. The van der Waals surface area contributed by atoms with Crippen LogP contribution in [0.3, 0.4) is 0 Å². The van der Waals surface area contributed by atoms with Gasteiger partial charge in [0.15, 0.2) is 0 Å². The topological polar surface area (TPSA) is 9.23 Å². The van der Waals surface area contributed by atoms with E-state index in [0.717, 1.165) is 18.8 Å². The van der Waals surface area contributed by atoms with Crippen LogP contribution in [0.25, 0.3) is 0 Å². The van der Waals surface area contributed by atoms with Crippen molar-refractivity contribution in [1.29, 1.82) is 0 Å². The minimum absolute atomic E-state index is 0.630. The van der Waals surface area contributed by atoms with Crippen molar-refractivity contribution in [2.75, 3.05) is 6.61 Å². The van der Waals surface area contributed by atoms with E-state index in [9.17, 15) is 0 Å². The first-order valence-corrected chi connectivity index (χ1v) is 4.42. The predicted octanol–water partition coefficient (Wildman–Crippen LogP) is 2.91. The van der Waals surface area contributed by atoms with E-state index in [1.54, 1.807) is 0 Å². The summed E-state index contributed by atoms with van der Waals surface area (Å²) < 4.78 is 5.53. The number of ether oxygens (including phenoxy) is 1. The van der Waals surface area contributed by atoms with Crippen LogP contribution in [0.15, 0.2) is 24.3 Å². The average Bonchev–Trinajstić information content (AvgIpc) is 2.16. The van der Waals surface area contributed by atoms with Gasteiger partial charge in [-0.05, 0) is 24.1 Å². The van der Waals surface area contributed by atoms with Crippen LogP contribution < -0.4 is 4.74 Å². The summed E-state index contributed by atoms with van der Waals surface area (Å²) in [7, 11) is 0. The summed E-state index contributed by atoms with van der Waals surface area (Å²) in [6.45, 7) is 5.16. The maximum absolute atomic E-state index is 5.53. The van der Waals surface area contributed by atoms with Gasteiger partial charge in [0, 0.05) is 0 Å². The van der Waals surface area contributed by atoms with Crippen LogP contribution in [-0.2, 0) is 0 Å². The standard InChI is InChI=1S/C11H15O/c1-3-10(2)9-12-11-7-5-4-6-8-11/h4-5,7-8,10H,3,9H2,1-2H3. The maximum Gasteiger partial charge on any atom is 0.119 e. The van der Waals surface area contributed by atoms with Crippen molar-refractivity contribution in [1.82, 2.24) is 0 Å². The van der Waals surface area contributed by atoms with Crippen LogP contribution in [0.5, 0.6) is 5.75 Å². The highest BCUT2D eigenvalue weighted by atomic mass is 16.5. The normalized spacial score (nSPS) is 12.5. The van der Waals surface area contributed by atoms with E-state index in [4.69, 9.17) is 4.74 Å². The monoisotopic (exact) mass is 163 g/mol. The lowest BCUT2D eigenvalue weighted by atomic mass is 10.1. The van der Waals surface area contributed by atoms with E-state index < -0.39 is 0 Å². The lowest BCUT2D eigenvalue weighted by molar-refractivity contribution is 0.256. The Morgan fingerprint density at radius 3 is 3.00 bits per heavy atom. The molecule has 1 nitrogen and oxygen atoms in total. The van der Waals surface area contributed by atoms with Gasteiger partial charge in [-0.15, -0.1) is 0 Å². The molecule has 0 aliphatic rings. The van der Waals surface area contributed by atoms with Crippen LogP contribution in [0.4, 0.5) is 0 Å². The molecule has 0 aliphatic heterocycles. The number of rotatable bonds is 4. The molecule has 0 spiro atoms. The summed E-state index contributed by atoms with van der Waals surface area (Å²) in [6.07, 6.45) is 1.16. The van der Waals surface area contributed by atoms with Gasteiger partial charge in [-0.25, -0.2) is 0 Å². The molecular weight excluding hydrogens is 148 g/mol. The summed E-state index contributed by atoms with van der Waals surface area (Å²) in [6, 6.07) is 10.6. The lowest BCUT2D eigenvalue weighted by Crippen LogP contribution is -2.06. The molecule has 1 aromatic rings. The van der Waals surface area contributed by atoms with E-state index in [1.807, 2.05) is 24.3 Å². The first-order chi connectivity index (χ1) is 5.83. The van der Waals surface area contributed by atoms with Crippen molar-refractivity contribution in [3.8, 4) is 5.75 Å². The molecule has 1 heteroatoms. The third kappa shape index (κ3) is 2.95. The fourth-order valence-electron chi connectivity index (χ4n) is 0.823. The Bertz CT molecular complexity index is 206. The fourth-order valence-corrected chi connectivity index (χ4v) is 0.823. The third-order valence-electron chi connectivity index (χ3n) is 1.91. The molecular formula is C11H15O. The molecule has 0 N–H and O–H groups in total. The van der Waals surface area contributed by atoms with Crippen molar-refractivity contribution in [3.63, 3.8) is 0 Å². The van der Waals surface area contributed by atoms with Crippen molar-refractivity contribution in [2.24, 2.45) is 5.92 Å². The van der Waals surface area contributed by atoms with Gasteiger partial charge in [0.2, 0.25) is 0 Å². The number of hydrogen-bond donors (Lipinski definition) is 0. The summed E-state index contributed by atoms with van der Waals surface area (Å²) in [5.41, 5.74) is 0. The van der Waals surface area contributed by atoms with Crippen molar-refractivity contribution >= 4 is 0 Å². The highest BCUT2D eigenvalue weighted by molar-refractivity contribution is 5.19. The van der Waals surface area contributed by atoms with E-state index >= 15 is 0 Å². The van der Waals surface area contributed by atoms with Crippen molar-refractivity contribution < 1.29 is 4.74 Å². The Morgan fingerprint density at radius 1 is 1.58 bits per heavy atom. The zero-order valence-electron chi connectivity index (χ0n) is 7.71. The Balaban J connectivity index is 2.33. The summed E-state index contributed by atoms with van der Waals surface area (Å²) in [5, 5.41) is 0. The summed E-state index contributed by atoms with van der Waals surface area (Å²) in [5.74, 6) is 1.54. The maximum atomic E-state index is 5.53. The van der Waals surface area contributed by atoms with Crippen molar-refractivity contribution in [3.05, 3.63) is 30.3 Å². The molecule has 0 heterocycles.